The van der Waals surface area contributed by atoms with Gasteiger partial charge in [-0.05, 0) is 20.3 Å². The SMILES string of the molecule is CCC(c1nnc(C)s1)C(C)O. The fourth-order valence-electron chi connectivity index (χ4n) is 1.18. The molecule has 3 nitrogen and oxygen atoms in total. The number of aliphatic hydroxyl groups is 1. The van der Waals surface area contributed by atoms with Crippen LogP contribution in [0.25, 0.3) is 0 Å². The minimum atomic E-state index is -0.331. The molecule has 0 radical (unpaired) electrons. The largest absolute Gasteiger partial charge is 0.393 e. The Bertz CT molecular complexity index is 247. The van der Waals surface area contributed by atoms with Gasteiger partial charge in [0.05, 0.1) is 6.10 Å². The van der Waals surface area contributed by atoms with E-state index in [0.29, 0.717) is 0 Å². The van der Waals surface area contributed by atoms with Crippen molar-refractivity contribution in [3.63, 3.8) is 0 Å². The first-order chi connectivity index (χ1) is 5.65. The van der Waals surface area contributed by atoms with E-state index in [0.717, 1.165) is 16.4 Å². The van der Waals surface area contributed by atoms with Gasteiger partial charge in [0.15, 0.2) is 0 Å². The van der Waals surface area contributed by atoms with Crippen molar-refractivity contribution in [1.29, 1.82) is 0 Å². The minimum absolute atomic E-state index is 0.149. The molecule has 1 rings (SSSR count). The van der Waals surface area contributed by atoms with E-state index >= 15 is 0 Å². The average Bonchev–Trinajstić information content (AvgIpc) is 2.37. The van der Waals surface area contributed by atoms with E-state index in [1.54, 1.807) is 18.3 Å². The summed E-state index contributed by atoms with van der Waals surface area (Å²) in [6.07, 6.45) is 0.578. The fraction of sp³-hybridized carbons (Fsp3) is 0.750. The van der Waals surface area contributed by atoms with Crippen LogP contribution in [-0.2, 0) is 0 Å². The third kappa shape index (κ3) is 2.01. The predicted molar refractivity (Wildman–Crippen MR) is 49.4 cm³/mol. The molecule has 68 valence electrons. The van der Waals surface area contributed by atoms with Crippen LogP contribution in [-0.4, -0.2) is 21.4 Å². The Morgan fingerprint density at radius 3 is 2.50 bits per heavy atom. The third-order valence-corrected chi connectivity index (χ3v) is 2.85. The predicted octanol–water partition coefficient (Wildman–Crippen LogP) is 1.72. The average molecular weight is 186 g/mol. The molecule has 1 heterocycles. The molecule has 0 aliphatic carbocycles. The van der Waals surface area contributed by atoms with Crippen molar-refractivity contribution in [3.05, 3.63) is 10.0 Å². The molecular formula is C8H14N2OS. The summed E-state index contributed by atoms with van der Waals surface area (Å²) >= 11 is 1.57. The lowest BCUT2D eigenvalue weighted by Crippen LogP contribution is -2.13. The molecule has 0 aliphatic heterocycles. The van der Waals surface area contributed by atoms with Crippen LogP contribution in [0, 0.1) is 6.92 Å². The summed E-state index contributed by atoms with van der Waals surface area (Å²) < 4.78 is 0. The molecule has 1 aromatic rings. The molecule has 0 saturated heterocycles. The lowest BCUT2D eigenvalue weighted by atomic mass is 10.0. The van der Waals surface area contributed by atoms with Gasteiger partial charge in [-0.25, -0.2) is 0 Å². The third-order valence-electron chi connectivity index (χ3n) is 1.88. The van der Waals surface area contributed by atoms with Gasteiger partial charge in [0.25, 0.3) is 0 Å². The van der Waals surface area contributed by atoms with E-state index < -0.39 is 0 Å². The zero-order valence-corrected chi connectivity index (χ0v) is 8.43. The molecule has 0 amide bonds. The summed E-state index contributed by atoms with van der Waals surface area (Å²) in [5.74, 6) is 0.149. The molecule has 0 aromatic carbocycles. The fourth-order valence-corrected chi connectivity index (χ4v) is 2.16. The molecule has 2 atom stereocenters. The highest BCUT2D eigenvalue weighted by molar-refractivity contribution is 7.11. The standard InChI is InChI=1S/C8H14N2OS/c1-4-7(5(2)11)8-10-9-6(3)12-8/h5,7,11H,4H2,1-3H3. The number of rotatable bonds is 3. The van der Waals surface area contributed by atoms with Gasteiger partial charge in [-0.15, -0.1) is 21.5 Å². The maximum Gasteiger partial charge on any atom is 0.123 e. The van der Waals surface area contributed by atoms with Crippen LogP contribution in [0.1, 0.15) is 36.2 Å². The number of aliphatic hydroxyl groups excluding tert-OH is 1. The first-order valence-corrected chi connectivity index (χ1v) is 4.94. The van der Waals surface area contributed by atoms with Crippen molar-refractivity contribution in [2.45, 2.75) is 39.2 Å². The maximum atomic E-state index is 9.41. The van der Waals surface area contributed by atoms with E-state index in [9.17, 15) is 5.11 Å². The molecule has 12 heavy (non-hydrogen) atoms. The van der Waals surface area contributed by atoms with Crippen molar-refractivity contribution in [2.75, 3.05) is 0 Å². The maximum absolute atomic E-state index is 9.41. The highest BCUT2D eigenvalue weighted by atomic mass is 32.1. The Morgan fingerprint density at radius 1 is 1.50 bits per heavy atom. The number of hydrogen-bond donors (Lipinski definition) is 1. The summed E-state index contributed by atoms with van der Waals surface area (Å²) in [5, 5.41) is 19.3. The number of aromatic nitrogens is 2. The van der Waals surface area contributed by atoms with Gasteiger partial charge in [0.1, 0.15) is 10.0 Å². The Morgan fingerprint density at radius 2 is 2.17 bits per heavy atom. The van der Waals surface area contributed by atoms with Crippen LogP contribution in [0.3, 0.4) is 0 Å². The summed E-state index contributed by atoms with van der Waals surface area (Å²) in [5.41, 5.74) is 0. The van der Waals surface area contributed by atoms with E-state index in [4.69, 9.17) is 0 Å². The summed E-state index contributed by atoms with van der Waals surface area (Å²) in [6.45, 7) is 5.77. The van der Waals surface area contributed by atoms with E-state index in [-0.39, 0.29) is 12.0 Å². The topological polar surface area (TPSA) is 46.0 Å². The minimum Gasteiger partial charge on any atom is -0.393 e. The Kier molecular flexibility index (Phi) is 3.17. The quantitative estimate of drug-likeness (QED) is 0.781. The van der Waals surface area contributed by atoms with Crippen LogP contribution in [0.2, 0.25) is 0 Å². The van der Waals surface area contributed by atoms with Crippen molar-refractivity contribution in [3.8, 4) is 0 Å². The molecule has 4 heteroatoms. The van der Waals surface area contributed by atoms with Crippen molar-refractivity contribution >= 4 is 11.3 Å². The van der Waals surface area contributed by atoms with Crippen LogP contribution in [0.15, 0.2) is 0 Å². The van der Waals surface area contributed by atoms with Gasteiger partial charge >= 0.3 is 0 Å². The number of nitrogens with zero attached hydrogens (tertiary/aromatic N) is 2. The lowest BCUT2D eigenvalue weighted by molar-refractivity contribution is 0.159. The van der Waals surface area contributed by atoms with Gasteiger partial charge in [0, 0.05) is 5.92 Å². The van der Waals surface area contributed by atoms with Gasteiger partial charge in [-0.1, -0.05) is 6.92 Å². The van der Waals surface area contributed by atoms with Crippen molar-refractivity contribution in [2.24, 2.45) is 0 Å². The molecule has 0 spiro atoms. The molecule has 2 unspecified atom stereocenters. The second kappa shape index (κ2) is 3.96. The van der Waals surface area contributed by atoms with Crippen LogP contribution in [0.4, 0.5) is 0 Å². The zero-order chi connectivity index (χ0) is 9.14. The highest BCUT2D eigenvalue weighted by Crippen LogP contribution is 2.25. The van der Waals surface area contributed by atoms with Gasteiger partial charge < -0.3 is 5.11 Å². The van der Waals surface area contributed by atoms with Crippen molar-refractivity contribution < 1.29 is 5.11 Å². The second-order valence-electron chi connectivity index (χ2n) is 2.91. The smallest absolute Gasteiger partial charge is 0.123 e. The summed E-state index contributed by atoms with van der Waals surface area (Å²) in [6, 6.07) is 0. The molecular weight excluding hydrogens is 172 g/mol. The number of aryl methyl sites for hydroxylation is 1. The van der Waals surface area contributed by atoms with Crippen LogP contribution < -0.4 is 0 Å². The molecule has 0 saturated carbocycles. The van der Waals surface area contributed by atoms with Crippen LogP contribution in [0.5, 0.6) is 0 Å². The molecule has 0 fully saturated rings. The summed E-state index contributed by atoms with van der Waals surface area (Å²) in [4.78, 5) is 0. The highest BCUT2D eigenvalue weighted by Gasteiger charge is 2.18. The van der Waals surface area contributed by atoms with E-state index in [1.807, 2.05) is 13.8 Å². The monoisotopic (exact) mass is 186 g/mol. The molecule has 0 aliphatic rings. The van der Waals surface area contributed by atoms with Crippen LogP contribution >= 0.6 is 11.3 Å². The Balaban J connectivity index is 2.80. The lowest BCUT2D eigenvalue weighted by Gasteiger charge is -2.13. The molecule has 1 aromatic heterocycles. The second-order valence-corrected chi connectivity index (χ2v) is 4.13. The van der Waals surface area contributed by atoms with Gasteiger partial charge in [0.2, 0.25) is 0 Å². The first-order valence-electron chi connectivity index (χ1n) is 4.13. The zero-order valence-electron chi connectivity index (χ0n) is 7.61. The van der Waals surface area contributed by atoms with Crippen molar-refractivity contribution in [1.82, 2.24) is 10.2 Å². The first kappa shape index (κ1) is 9.61. The normalized spacial score (nSPS) is 16.0. The Labute approximate surface area is 76.5 Å². The van der Waals surface area contributed by atoms with E-state index in [2.05, 4.69) is 10.2 Å². The van der Waals surface area contributed by atoms with Gasteiger partial charge in [-0.2, -0.15) is 0 Å². The van der Waals surface area contributed by atoms with Gasteiger partial charge in [-0.3, -0.25) is 0 Å². The van der Waals surface area contributed by atoms with E-state index in [1.165, 1.54) is 0 Å². The molecule has 1 N–H and O–H groups in total. The molecule has 0 bridgehead atoms. The summed E-state index contributed by atoms with van der Waals surface area (Å²) in [7, 11) is 0. The Hall–Kier alpha value is -0.480. The number of hydrogen-bond acceptors (Lipinski definition) is 4.